The molecule has 116 valence electrons. The lowest BCUT2D eigenvalue weighted by atomic mass is 9.90. The zero-order chi connectivity index (χ0) is 16.0. The molecule has 2 aromatic carbocycles. The standard InChI is InChI=1S/C24H20/c1-13-7-15-11-23-17-4-6-20-22-10-14(2)8-16(22)12-24(20)18(17)3-5-19(23)21(15)9-13/h3-8H,9-12H2,1-2H3. The van der Waals surface area contributed by atoms with Crippen LogP contribution in [0.2, 0.25) is 0 Å². The van der Waals surface area contributed by atoms with Crippen molar-refractivity contribution in [1.82, 2.24) is 0 Å². The predicted molar refractivity (Wildman–Crippen MR) is 102 cm³/mol. The van der Waals surface area contributed by atoms with E-state index in [1.54, 1.807) is 33.4 Å². The molecule has 0 fully saturated rings. The van der Waals surface area contributed by atoms with Crippen LogP contribution < -0.4 is 0 Å². The lowest BCUT2D eigenvalue weighted by Gasteiger charge is -2.13. The highest BCUT2D eigenvalue weighted by molar-refractivity contribution is 6.01. The lowest BCUT2D eigenvalue weighted by molar-refractivity contribution is 1.21. The van der Waals surface area contributed by atoms with E-state index >= 15 is 0 Å². The average Bonchev–Trinajstić information content (AvgIpc) is 3.25. The van der Waals surface area contributed by atoms with Crippen LogP contribution in [-0.4, -0.2) is 0 Å². The fourth-order valence-electron chi connectivity index (χ4n) is 5.37. The fourth-order valence-corrected chi connectivity index (χ4v) is 5.37. The Hall–Kier alpha value is -2.34. The maximum absolute atomic E-state index is 2.41. The number of hydrogen-bond donors (Lipinski definition) is 0. The van der Waals surface area contributed by atoms with Gasteiger partial charge in [0.2, 0.25) is 0 Å². The first kappa shape index (κ1) is 13.0. The summed E-state index contributed by atoms with van der Waals surface area (Å²) in [7, 11) is 0. The summed E-state index contributed by atoms with van der Waals surface area (Å²) in [6.07, 6.45) is 9.39. The minimum atomic E-state index is 1.13. The van der Waals surface area contributed by atoms with Crippen LogP contribution in [-0.2, 0) is 12.8 Å². The summed E-state index contributed by atoms with van der Waals surface area (Å²) >= 11 is 0. The summed E-state index contributed by atoms with van der Waals surface area (Å²) in [5, 5.41) is 2.99. The molecular weight excluding hydrogens is 288 g/mol. The molecule has 0 unspecified atom stereocenters. The van der Waals surface area contributed by atoms with Gasteiger partial charge in [-0.1, -0.05) is 47.6 Å². The number of benzene rings is 2. The van der Waals surface area contributed by atoms with Gasteiger partial charge in [0.25, 0.3) is 0 Å². The van der Waals surface area contributed by atoms with Gasteiger partial charge in [0.05, 0.1) is 0 Å². The fraction of sp³-hybridized carbons (Fsp3) is 0.250. The normalized spacial score (nSPS) is 20.4. The van der Waals surface area contributed by atoms with E-state index in [0.29, 0.717) is 0 Å². The minimum Gasteiger partial charge on any atom is -0.0686 e. The van der Waals surface area contributed by atoms with Crippen LogP contribution in [0.1, 0.15) is 48.9 Å². The van der Waals surface area contributed by atoms with Gasteiger partial charge in [-0.3, -0.25) is 0 Å². The van der Waals surface area contributed by atoms with Gasteiger partial charge in [0.1, 0.15) is 0 Å². The quantitative estimate of drug-likeness (QED) is 0.547. The predicted octanol–water partition coefficient (Wildman–Crippen LogP) is 6.16. The summed E-state index contributed by atoms with van der Waals surface area (Å²) in [6.45, 7) is 4.52. The van der Waals surface area contributed by atoms with E-state index < -0.39 is 0 Å². The molecule has 0 saturated heterocycles. The second-order valence-electron chi connectivity index (χ2n) is 7.97. The first-order valence-electron chi connectivity index (χ1n) is 9.05. The van der Waals surface area contributed by atoms with Gasteiger partial charge in [0, 0.05) is 0 Å². The highest BCUT2D eigenvalue weighted by Gasteiger charge is 2.29. The summed E-state index contributed by atoms with van der Waals surface area (Å²) in [5.74, 6) is 0. The van der Waals surface area contributed by atoms with Gasteiger partial charge in [-0.15, -0.1) is 0 Å². The van der Waals surface area contributed by atoms with Crippen LogP contribution in [0.25, 0.3) is 21.9 Å². The van der Waals surface area contributed by atoms with Gasteiger partial charge < -0.3 is 0 Å². The molecule has 0 heteroatoms. The third-order valence-corrected chi connectivity index (χ3v) is 6.34. The Morgan fingerprint density at radius 2 is 1.04 bits per heavy atom. The van der Waals surface area contributed by atoms with E-state index in [4.69, 9.17) is 0 Å². The number of rotatable bonds is 0. The van der Waals surface area contributed by atoms with E-state index in [1.807, 2.05) is 0 Å². The molecule has 0 radical (unpaired) electrons. The van der Waals surface area contributed by atoms with E-state index in [2.05, 4.69) is 50.3 Å². The molecule has 2 aromatic rings. The molecule has 0 nitrogen and oxygen atoms in total. The topological polar surface area (TPSA) is 0 Å². The molecule has 6 rings (SSSR count). The van der Waals surface area contributed by atoms with Crippen LogP contribution in [0.5, 0.6) is 0 Å². The molecule has 0 aromatic heterocycles. The van der Waals surface area contributed by atoms with Crippen molar-refractivity contribution in [2.75, 3.05) is 0 Å². The van der Waals surface area contributed by atoms with Crippen LogP contribution >= 0.6 is 0 Å². The molecular formula is C24H20. The van der Waals surface area contributed by atoms with Crippen molar-refractivity contribution in [2.45, 2.75) is 39.5 Å². The van der Waals surface area contributed by atoms with Crippen molar-refractivity contribution >= 4 is 21.9 Å². The summed E-state index contributed by atoms with van der Waals surface area (Å²) in [6, 6.07) is 9.60. The Labute approximate surface area is 142 Å². The molecule has 0 saturated carbocycles. The largest absolute Gasteiger partial charge is 0.0686 e. The SMILES string of the molecule is CC1=CC2=C(C1)c1ccc3c4c(ccc3c1C2)C1=C(C=C(C)C1)C4. The number of allylic oxidation sites excluding steroid dienone is 8. The monoisotopic (exact) mass is 308 g/mol. The molecule has 24 heavy (non-hydrogen) atoms. The van der Waals surface area contributed by atoms with Crippen LogP contribution in [0.4, 0.5) is 0 Å². The Balaban J connectivity index is 1.53. The van der Waals surface area contributed by atoms with E-state index in [9.17, 15) is 0 Å². The summed E-state index contributed by atoms with van der Waals surface area (Å²) in [4.78, 5) is 0. The Bertz CT molecular complexity index is 1010. The highest BCUT2D eigenvalue weighted by atomic mass is 14.3. The van der Waals surface area contributed by atoms with Crippen molar-refractivity contribution in [3.63, 3.8) is 0 Å². The Kier molecular flexibility index (Phi) is 2.27. The van der Waals surface area contributed by atoms with Gasteiger partial charge in [-0.2, -0.15) is 0 Å². The Morgan fingerprint density at radius 1 is 0.583 bits per heavy atom. The van der Waals surface area contributed by atoms with E-state index in [1.165, 1.54) is 33.0 Å². The van der Waals surface area contributed by atoms with Gasteiger partial charge in [-0.05, 0) is 94.8 Å². The number of fused-ring (bicyclic) bond motifs is 7. The maximum Gasteiger partial charge on any atom is -0.00105 e. The first-order chi connectivity index (χ1) is 11.7. The molecule has 4 aliphatic rings. The minimum absolute atomic E-state index is 1.13. The molecule has 0 bridgehead atoms. The molecule has 0 atom stereocenters. The average molecular weight is 308 g/mol. The second kappa shape index (κ2) is 4.19. The van der Waals surface area contributed by atoms with E-state index in [0.717, 1.165) is 25.7 Å². The van der Waals surface area contributed by atoms with Crippen LogP contribution in [0.3, 0.4) is 0 Å². The number of hydrogen-bond acceptors (Lipinski definition) is 0. The van der Waals surface area contributed by atoms with Crippen molar-refractivity contribution in [2.24, 2.45) is 0 Å². The zero-order valence-corrected chi connectivity index (χ0v) is 14.3. The Morgan fingerprint density at radius 3 is 1.50 bits per heavy atom. The van der Waals surface area contributed by atoms with Crippen molar-refractivity contribution < 1.29 is 0 Å². The summed E-state index contributed by atoms with van der Waals surface area (Å²) in [5.41, 5.74) is 15.5. The maximum atomic E-state index is 2.41. The van der Waals surface area contributed by atoms with Gasteiger partial charge in [-0.25, -0.2) is 0 Å². The second-order valence-corrected chi connectivity index (χ2v) is 7.97. The van der Waals surface area contributed by atoms with Gasteiger partial charge in [0.15, 0.2) is 0 Å². The molecule has 0 heterocycles. The molecule has 4 aliphatic carbocycles. The third kappa shape index (κ3) is 1.50. The first-order valence-corrected chi connectivity index (χ1v) is 9.05. The van der Waals surface area contributed by atoms with Crippen LogP contribution in [0, 0.1) is 0 Å². The van der Waals surface area contributed by atoms with Crippen molar-refractivity contribution in [3.05, 3.63) is 81.0 Å². The van der Waals surface area contributed by atoms with Crippen LogP contribution in [0.15, 0.2) is 58.7 Å². The van der Waals surface area contributed by atoms with Gasteiger partial charge >= 0.3 is 0 Å². The smallest absolute Gasteiger partial charge is 0.00105 e. The van der Waals surface area contributed by atoms with Crippen molar-refractivity contribution in [1.29, 1.82) is 0 Å². The zero-order valence-electron chi connectivity index (χ0n) is 14.3. The van der Waals surface area contributed by atoms with E-state index in [-0.39, 0.29) is 0 Å². The molecule has 0 N–H and O–H groups in total. The molecule has 0 spiro atoms. The lowest BCUT2D eigenvalue weighted by Crippen LogP contribution is -1.94. The highest BCUT2D eigenvalue weighted by Crippen LogP contribution is 2.48. The third-order valence-electron chi connectivity index (χ3n) is 6.34. The summed E-state index contributed by atoms with van der Waals surface area (Å²) < 4.78 is 0. The van der Waals surface area contributed by atoms with Crippen molar-refractivity contribution in [3.8, 4) is 0 Å². The molecule has 0 amide bonds. The molecule has 0 aliphatic heterocycles.